The van der Waals surface area contributed by atoms with Crippen molar-refractivity contribution in [1.82, 2.24) is 4.90 Å². The van der Waals surface area contributed by atoms with Crippen molar-refractivity contribution < 1.29 is 9.59 Å². The molecule has 1 aromatic rings. The fourth-order valence-corrected chi connectivity index (χ4v) is 2.53. The highest BCUT2D eigenvalue weighted by molar-refractivity contribution is 6.23. The Kier molecular flexibility index (Phi) is 5.32. The van der Waals surface area contributed by atoms with Crippen LogP contribution in [0.5, 0.6) is 0 Å². The molecule has 1 fully saturated rings. The maximum Gasteiger partial charge on any atom is 0.257 e. The summed E-state index contributed by atoms with van der Waals surface area (Å²) in [6, 6.07) is 9.57. The first kappa shape index (κ1) is 15.5. The minimum Gasteiger partial charge on any atom is -0.339 e. The lowest BCUT2D eigenvalue weighted by atomic mass is 9.97. The normalized spacial score (nSPS) is 16.1. The van der Waals surface area contributed by atoms with Crippen LogP contribution in [0.15, 0.2) is 35.9 Å². The Labute approximate surface area is 126 Å². The van der Waals surface area contributed by atoms with E-state index in [1.54, 1.807) is 6.08 Å². The van der Waals surface area contributed by atoms with Crippen molar-refractivity contribution in [2.24, 2.45) is 5.92 Å². The molecule has 0 unspecified atom stereocenters. The van der Waals surface area contributed by atoms with Crippen LogP contribution in [0.1, 0.15) is 38.7 Å². The van der Waals surface area contributed by atoms with Gasteiger partial charge in [-0.05, 0) is 30.9 Å². The second-order valence-electron chi connectivity index (χ2n) is 5.84. The van der Waals surface area contributed by atoms with E-state index < -0.39 is 0 Å². The van der Waals surface area contributed by atoms with E-state index in [2.05, 4.69) is 0 Å². The molecule has 0 saturated carbocycles. The van der Waals surface area contributed by atoms with Crippen molar-refractivity contribution in [3.05, 3.63) is 41.5 Å². The first-order chi connectivity index (χ1) is 10.1. The third kappa shape index (κ3) is 4.03. The Morgan fingerprint density at radius 2 is 1.67 bits per heavy atom. The zero-order chi connectivity index (χ0) is 15.2. The van der Waals surface area contributed by atoms with Crippen LogP contribution in [0.4, 0.5) is 0 Å². The molecule has 0 aromatic heterocycles. The quantitative estimate of drug-likeness (QED) is 0.483. The maximum atomic E-state index is 12.7. The Balaban J connectivity index is 2.29. The standard InChI is InChI=1S/C18H23NO2/c1-14(2)17(20)16(13-15-9-5-3-6-10-15)18(21)19-11-7-4-8-12-19/h3,5-6,9-10,13-14H,4,7-8,11-12H2,1-2H3/b16-13+. The lowest BCUT2D eigenvalue weighted by molar-refractivity contribution is -0.131. The van der Waals surface area contributed by atoms with Crippen LogP contribution in [-0.2, 0) is 9.59 Å². The molecule has 1 aliphatic rings. The lowest BCUT2D eigenvalue weighted by Crippen LogP contribution is -2.38. The van der Waals surface area contributed by atoms with E-state index in [9.17, 15) is 9.59 Å². The number of rotatable bonds is 4. The van der Waals surface area contributed by atoms with E-state index in [1.165, 1.54) is 6.42 Å². The molecular formula is C18H23NO2. The van der Waals surface area contributed by atoms with Gasteiger partial charge in [0.15, 0.2) is 5.78 Å². The number of amides is 1. The van der Waals surface area contributed by atoms with Crippen molar-refractivity contribution in [1.29, 1.82) is 0 Å². The summed E-state index contributed by atoms with van der Waals surface area (Å²) >= 11 is 0. The molecule has 1 aromatic carbocycles. The molecule has 3 heteroatoms. The Morgan fingerprint density at radius 3 is 2.24 bits per heavy atom. The van der Waals surface area contributed by atoms with E-state index in [0.717, 1.165) is 31.5 Å². The molecule has 0 spiro atoms. The highest BCUT2D eigenvalue weighted by Crippen LogP contribution is 2.18. The number of carbonyl (C=O) groups excluding carboxylic acids is 2. The van der Waals surface area contributed by atoms with Gasteiger partial charge in [-0.15, -0.1) is 0 Å². The lowest BCUT2D eigenvalue weighted by Gasteiger charge is -2.27. The second kappa shape index (κ2) is 7.21. The molecule has 3 nitrogen and oxygen atoms in total. The van der Waals surface area contributed by atoms with Gasteiger partial charge in [0.25, 0.3) is 5.91 Å². The topological polar surface area (TPSA) is 37.4 Å². The van der Waals surface area contributed by atoms with Crippen LogP contribution >= 0.6 is 0 Å². The van der Waals surface area contributed by atoms with E-state index in [4.69, 9.17) is 0 Å². The Bertz CT molecular complexity index is 525. The largest absolute Gasteiger partial charge is 0.339 e. The molecule has 2 rings (SSSR count). The van der Waals surface area contributed by atoms with Gasteiger partial charge in [-0.1, -0.05) is 44.2 Å². The number of likely N-dealkylation sites (tertiary alicyclic amines) is 1. The summed E-state index contributed by atoms with van der Waals surface area (Å²) in [7, 11) is 0. The molecule has 0 N–H and O–H groups in total. The van der Waals surface area contributed by atoms with E-state index >= 15 is 0 Å². The number of ketones is 1. The van der Waals surface area contributed by atoms with E-state index in [1.807, 2.05) is 49.1 Å². The van der Waals surface area contributed by atoms with Gasteiger partial charge in [-0.25, -0.2) is 0 Å². The van der Waals surface area contributed by atoms with Crippen molar-refractivity contribution in [3.63, 3.8) is 0 Å². The summed E-state index contributed by atoms with van der Waals surface area (Å²) in [6.07, 6.45) is 4.96. The zero-order valence-corrected chi connectivity index (χ0v) is 12.8. The predicted molar refractivity (Wildman–Crippen MR) is 84.7 cm³/mol. The minimum absolute atomic E-state index is 0.0746. The fraction of sp³-hybridized carbons (Fsp3) is 0.444. The van der Waals surface area contributed by atoms with Gasteiger partial charge in [0.1, 0.15) is 0 Å². The number of benzene rings is 1. The van der Waals surface area contributed by atoms with Crippen LogP contribution in [0, 0.1) is 5.92 Å². The maximum absolute atomic E-state index is 12.7. The van der Waals surface area contributed by atoms with E-state index in [-0.39, 0.29) is 17.6 Å². The molecule has 1 aliphatic heterocycles. The number of piperidine rings is 1. The fourth-order valence-electron chi connectivity index (χ4n) is 2.53. The number of Topliss-reactive ketones (excluding diaryl/α,β-unsaturated/α-hetero) is 1. The van der Waals surface area contributed by atoms with Gasteiger partial charge < -0.3 is 4.90 Å². The molecule has 0 atom stereocenters. The summed E-state index contributed by atoms with van der Waals surface area (Å²) in [5, 5.41) is 0. The van der Waals surface area contributed by atoms with Crippen LogP contribution in [0.2, 0.25) is 0 Å². The summed E-state index contributed by atoms with van der Waals surface area (Å²) in [5.74, 6) is -0.361. The SMILES string of the molecule is CC(C)C(=O)/C(=C\c1ccccc1)C(=O)N1CCCCC1. The van der Waals surface area contributed by atoms with Gasteiger partial charge in [0, 0.05) is 19.0 Å². The van der Waals surface area contributed by atoms with Crippen molar-refractivity contribution in [2.75, 3.05) is 13.1 Å². The van der Waals surface area contributed by atoms with Gasteiger partial charge in [0.2, 0.25) is 0 Å². The third-order valence-corrected chi connectivity index (χ3v) is 3.77. The molecule has 1 heterocycles. The van der Waals surface area contributed by atoms with E-state index in [0.29, 0.717) is 5.57 Å². The molecule has 0 aliphatic carbocycles. The molecule has 0 bridgehead atoms. The summed E-state index contributed by atoms with van der Waals surface area (Å²) in [6.45, 7) is 5.20. The predicted octanol–water partition coefficient (Wildman–Crippen LogP) is 3.31. The second-order valence-corrected chi connectivity index (χ2v) is 5.84. The van der Waals surface area contributed by atoms with Crippen LogP contribution in [0.25, 0.3) is 6.08 Å². The average molecular weight is 285 g/mol. The highest BCUT2D eigenvalue weighted by Gasteiger charge is 2.26. The number of hydrogen-bond donors (Lipinski definition) is 0. The van der Waals surface area contributed by atoms with Crippen molar-refractivity contribution in [2.45, 2.75) is 33.1 Å². The van der Waals surface area contributed by atoms with Crippen LogP contribution in [0.3, 0.4) is 0 Å². The summed E-state index contributed by atoms with van der Waals surface area (Å²) in [4.78, 5) is 26.9. The Hall–Kier alpha value is -1.90. The first-order valence-electron chi connectivity index (χ1n) is 7.70. The van der Waals surface area contributed by atoms with Crippen molar-refractivity contribution in [3.8, 4) is 0 Å². The molecule has 21 heavy (non-hydrogen) atoms. The van der Waals surface area contributed by atoms with Gasteiger partial charge >= 0.3 is 0 Å². The molecule has 112 valence electrons. The smallest absolute Gasteiger partial charge is 0.257 e. The van der Waals surface area contributed by atoms with Crippen molar-refractivity contribution >= 4 is 17.8 Å². The number of nitrogens with zero attached hydrogens (tertiary/aromatic N) is 1. The van der Waals surface area contributed by atoms with Crippen LogP contribution < -0.4 is 0 Å². The van der Waals surface area contributed by atoms with Gasteiger partial charge in [-0.2, -0.15) is 0 Å². The van der Waals surface area contributed by atoms with Gasteiger partial charge in [-0.3, -0.25) is 9.59 Å². The molecule has 1 amide bonds. The third-order valence-electron chi connectivity index (χ3n) is 3.77. The summed E-state index contributed by atoms with van der Waals surface area (Å²) in [5.41, 5.74) is 1.21. The Morgan fingerprint density at radius 1 is 1.05 bits per heavy atom. The first-order valence-corrected chi connectivity index (χ1v) is 7.70. The highest BCUT2D eigenvalue weighted by atomic mass is 16.2. The van der Waals surface area contributed by atoms with Gasteiger partial charge in [0.05, 0.1) is 5.57 Å². The zero-order valence-electron chi connectivity index (χ0n) is 12.8. The minimum atomic E-state index is -0.172. The summed E-state index contributed by atoms with van der Waals surface area (Å²) < 4.78 is 0. The number of hydrogen-bond acceptors (Lipinski definition) is 2. The monoisotopic (exact) mass is 285 g/mol. The van der Waals surface area contributed by atoms with Crippen LogP contribution in [-0.4, -0.2) is 29.7 Å². The molecule has 1 saturated heterocycles. The average Bonchev–Trinajstić information content (AvgIpc) is 2.53. The number of carbonyl (C=O) groups is 2. The molecule has 0 radical (unpaired) electrons. The molecular weight excluding hydrogens is 262 g/mol.